The number of hydrogen-bond donors (Lipinski definition) is 3. The van der Waals surface area contributed by atoms with Gasteiger partial charge in [0.2, 0.25) is 11.8 Å². The average molecular weight is 558 g/mol. The number of unbranched alkanes of at least 4 members (excludes halogenated alkanes) is 12. The largest absolute Gasteiger partial charge is 0.444 e. The molecule has 0 heterocycles. The van der Waals surface area contributed by atoms with E-state index in [0.717, 1.165) is 12.8 Å². The van der Waals surface area contributed by atoms with E-state index in [2.05, 4.69) is 22.9 Å². The van der Waals surface area contributed by atoms with Crippen LogP contribution in [0.15, 0.2) is 0 Å². The first-order valence-electron chi connectivity index (χ1n) is 15.4. The molecule has 3 amide bonds. The molecule has 9 nitrogen and oxygen atoms in total. The Bertz CT molecular complexity index is 610. The number of nitrogens with one attached hydrogen (secondary N) is 3. The van der Waals surface area contributed by atoms with Crippen LogP contribution in [0.5, 0.6) is 0 Å². The fourth-order valence-corrected chi connectivity index (χ4v) is 3.91. The van der Waals surface area contributed by atoms with Crippen molar-refractivity contribution in [2.75, 3.05) is 46.1 Å². The molecule has 0 radical (unpaired) electrons. The first-order valence-corrected chi connectivity index (χ1v) is 15.4. The van der Waals surface area contributed by atoms with Crippen LogP contribution in [0.25, 0.3) is 0 Å². The van der Waals surface area contributed by atoms with Crippen molar-refractivity contribution in [2.45, 2.75) is 130 Å². The highest BCUT2D eigenvalue weighted by Crippen LogP contribution is 2.13. The normalized spacial score (nSPS) is 11.3. The molecular formula is C30H59N3O6. The Morgan fingerprint density at radius 3 is 1.44 bits per heavy atom. The van der Waals surface area contributed by atoms with Gasteiger partial charge >= 0.3 is 6.09 Å². The van der Waals surface area contributed by atoms with Gasteiger partial charge in [-0.25, -0.2) is 4.79 Å². The monoisotopic (exact) mass is 557 g/mol. The summed E-state index contributed by atoms with van der Waals surface area (Å²) in [5, 5.41) is 8.24. The van der Waals surface area contributed by atoms with Gasteiger partial charge in [0.15, 0.2) is 0 Å². The molecule has 230 valence electrons. The van der Waals surface area contributed by atoms with Gasteiger partial charge < -0.3 is 30.2 Å². The number of ether oxygens (including phenoxy) is 3. The van der Waals surface area contributed by atoms with Crippen molar-refractivity contribution in [3.8, 4) is 0 Å². The molecule has 0 fully saturated rings. The maximum atomic E-state index is 11.9. The number of carbonyl (C=O) groups excluding carboxylic acids is 3. The number of rotatable bonds is 26. The number of alkyl carbamates (subject to hydrolysis) is 1. The van der Waals surface area contributed by atoms with Crippen molar-refractivity contribution in [3.05, 3.63) is 0 Å². The zero-order valence-electron chi connectivity index (χ0n) is 25.5. The summed E-state index contributed by atoms with van der Waals surface area (Å²) in [5.74, 6) is -0.0407. The molecule has 0 aliphatic heterocycles. The molecule has 0 aromatic carbocycles. The summed E-state index contributed by atoms with van der Waals surface area (Å²) in [4.78, 5) is 35.2. The van der Waals surface area contributed by atoms with Crippen LogP contribution in [0.2, 0.25) is 0 Å². The van der Waals surface area contributed by atoms with Crippen LogP contribution >= 0.6 is 0 Å². The first kappa shape index (κ1) is 37.1. The van der Waals surface area contributed by atoms with Crippen molar-refractivity contribution in [1.82, 2.24) is 16.0 Å². The number of carbonyl (C=O) groups is 3. The summed E-state index contributed by atoms with van der Waals surface area (Å²) < 4.78 is 15.9. The second-order valence-corrected chi connectivity index (χ2v) is 11.1. The Kier molecular flexibility index (Phi) is 25.1. The van der Waals surface area contributed by atoms with Crippen molar-refractivity contribution < 1.29 is 28.6 Å². The lowest BCUT2D eigenvalue weighted by Gasteiger charge is -2.19. The van der Waals surface area contributed by atoms with Gasteiger partial charge in [0.05, 0.1) is 26.4 Å². The van der Waals surface area contributed by atoms with E-state index >= 15 is 0 Å². The summed E-state index contributed by atoms with van der Waals surface area (Å²) in [6, 6.07) is 0. The van der Waals surface area contributed by atoms with Gasteiger partial charge in [-0.2, -0.15) is 0 Å². The molecule has 9 heteroatoms. The minimum absolute atomic E-state index is 0.0799. The molecule has 0 unspecified atom stereocenters. The molecule has 0 bridgehead atoms. The van der Waals surface area contributed by atoms with E-state index in [-0.39, 0.29) is 24.8 Å². The maximum absolute atomic E-state index is 11.9. The molecule has 0 atom stereocenters. The van der Waals surface area contributed by atoms with Crippen molar-refractivity contribution >= 4 is 17.9 Å². The highest BCUT2D eigenvalue weighted by molar-refractivity contribution is 5.76. The number of amides is 3. The van der Waals surface area contributed by atoms with Gasteiger partial charge in [0.25, 0.3) is 0 Å². The Morgan fingerprint density at radius 1 is 0.538 bits per heavy atom. The van der Waals surface area contributed by atoms with E-state index in [9.17, 15) is 14.4 Å². The van der Waals surface area contributed by atoms with Crippen LogP contribution in [-0.4, -0.2) is 69.6 Å². The topological polar surface area (TPSA) is 115 Å². The Hall–Kier alpha value is -1.87. The van der Waals surface area contributed by atoms with E-state index in [4.69, 9.17) is 14.2 Å². The van der Waals surface area contributed by atoms with Crippen LogP contribution in [0, 0.1) is 0 Å². The van der Waals surface area contributed by atoms with Gasteiger partial charge in [-0.3, -0.25) is 9.59 Å². The predicted octanol–water partition coefficient (Wildman–Crippen LogP) is 5.65. The summed E-state index contributed by atoms with van der Waals surface area (Å²) in [6.07, 6.45) is 17.2. The smallest absolute Gasteiger partial charge is 0.407 e. The molecule has 0 aromatic rings. The van der Waals surface area contributed by atoms with Gasteiger partial charge in [-0.1, -0.05) is 84.0 Å². The Balaban J connectivity index is 3.34. The molecule has 0 saturated carbocycles. The lowest BCUT2D eigenvalue weighted by Crippen LogP contribution is -2.34. The van der Waals surface area contributed by atoms with Gasteiger partial charge in [0.1, 0.15) is 5.60 Å². The zero-order valence-corrected chi connectivity index (χ0v) is 25.5. The third kappa shape index (κ3) is 30.5. The van der Waals surface area contributed by atoms with Crippen LogP contribution in [-0.2, 0) is 23.8 Å². The van der Waals surface area contributed by atoms with Gasteiger partial charge in [-0.05, 0) is 27.2 Å². The summed E-state index contributed by atoms with van der Waals surface area (Å²) >= 11 is 0. The third-order valence-electron chi connectivity index (χ3n) is 6.03. The van der Waals surface area contributed by atoms with E-state index in [0.29, 0.717) is 45.9 Å². The summed E-state index contributed by atoms with van der Waals surface area (Å²) in [6.45, 7) is 10.3. The van der Waals surface area contributed by atoms with Crippen molar-refractivity contribution in [3.63, 3.8) is 0 Å². The van der Waals surface area contributed by atoms with Crippen molar-refractivity contribution in [1.29, 1.82) is 0 Å². The van der Waals surface area contributed by atoms with Crippen LogP contribution in [0.1, 0.15) is 124 Å². The van der Waals surface area contributed by atoms with E-state index in [1.54, 1.807) is 20.8 Å². The van der Waals surface area contributed by atoms with Crippen LogP contribution in [0.4, 0.5) is 4.79 Å². The molecule has 0 saturated heterocycles. The average Bonchev–Trinajstić information content (AvgIpc) is 2.87. The minimum atomic E-state index is -0.535. The van der Waals surface area contributed by atoms with Crippen molar-refractivity contribution in [2.24, 2.45) is 0 Å². The highest BCUT2D eigenvalue weighted by Gasteiger charge is 2.15. The lowest BCUT2D eigenvalue weighted by atomic mass is 10.0. The maximum Gasteiger partial charge on any atom is 0.407 e. The molecule has 39 heavy (non-hydrogen) atoms. The first-order chi connectivity index (χ1) is 18.7. The van der Waals surface area contributed by atoms with Crippen LogP contribution < -0.4 is 16.0 Å². The molecule has 0 aliphatic carbocycles. The zero-order chi connectivity index (χ0) is 29.0. The van der Waals surface area contributed by atoms with E-state index in [1.807, 2.05) is 0 Å². The highest BCUT2D eigenvalue weighted by atomic mass is 16.6. The molecule has 0 aromatic heterocycles. The van der Waals surface area contributed by atoms with Gasteiger partial charge in [-0.15, -0.1) is 0 Å². The van der Waals surface area contributed by atoms with Gasteiger partial charge in [0, 0.05) is 32.5 Å². The third-order valence-corrected chi connectivity index (χ3v) is 6.03. The minimum Gasteiger partial charge on any atom is -0.444 e. The number of hydrogen-bond acceptors (Lipinski definition) is 6. The summed E-state index contributed by atoms with van der Waals surface area (Å²) in [7, 11) is 0. The molecule has 0 rings (SSSR count). The second-order valence-electron chi connectivity index (χ2n) is 11.1. The fourth-order valence-electron chi connectivity index (χ4n) is 3.91. The molecular weight excluding hydrogens is 498 g/mol. The van der Waals surface area contributed by atoms with E-state index in [1.165, 1.54) is 70.6 Å². The quantitative estimate of drug-likeness (QED) is 0.118. The molecule has 0 spiro atoms. The summed E-state index contributed by atoms with van der Waals surface area (Å²) in [5.41, 5.74) is -0.535. The van der Waals surface area contributed by atoms with E-state index < -0.39 is 11.7 Å². The Morgan fingerprint density at radius 2 is 0.949 bits per heavy atom. The standard InChI is InChI=1S/C30H59N3O6/c1-5-6-7-8-9-10-11-12-13-14-15-16-17-18-27(34)31-20-24-38-25-21-32-28(35)19-23-37-26-22-33-29(36)39-30(2,3)4/h5-26H2,1-4H3,(H,31,34)(H,32,35)(H,33,36). The Labute approximate surface area is 238 Å². The fraction of sp³-hybridized carbons (Fsp3) is 0.900. The second kappa shape index (κ2) is 26.4. The molecule has 0 aliphatic rings. The van der Waals surface area contributed by atoms with Crippen LogP contribution in [0.3, 0.4) is 0 Å². The predicted molar refractivity (Wildman–Crippen MR) is 157 cm³/mol. The lowest BCUT2D eigenvalue weighted by molar-refractivity contribution is -0.122. The molecule has 3 N–H and O–H groups in total. The SMILES string of the molecule is CCCCCCCCCCCCCCCC(=O)NCCOCCNC(=O)CCOCCNC(=O)OC(C)(C)C.